The number of imidazole rings is 1. The molecule has 0 spiro atoms. The van der Waals surface area contributed by atoms with Gasteiger partial charge in [-0.2, -0.15) is 0 Å². The third kappa shape index (κ3) is 2.99. The summed E-state index contributed by atoms with van der Waals surface area (Å²) in [6, 6.07) is 0. The highest BCUT2D eigenvalue weighted by molar-refractivity contribution is 5.97. The summed E-state index contributed by atoms with van der Waals surface area (Å²) in [5, 5.41) is 22.3. The predicted octanol–water partition coefficient (Wildman–Crippen LogP) is 0.596. The van der Waals surface area contributed by atoms with Crippen LogP contribution < -0.4 is 5.32 Å². The summed E-state index contributed by atoms with van der Waals surface area (Å²) in [4.78, 5) is 25.0. The van der Waals surface area contributed by atoms with Gasteiger partial charge in [0.25, 0.3) is 0 Å². The molecule has 1 amide bonds. The van der Waals surface area contributed by atoms with E-state index >= 15 is 0 Å². The molecule has 2 aromatic heterocycles. The third-order valence-electron chi connectivity index (χ3n) is 4.97. The summed E-state index contributed by atoms with van der Waals surface area (Å²) in [7, 11) is 0. The fourth-order valence-electron chi connectivity index (χ4n) is 3.63. The highest BCUT2D eigenvalue weighted by Gasteiger charge is 2.36. The first kappa shape index (κ1) is 16.4. The standard InChI is InChI=1S/C16H21N5O4/c22-6-10-5-11(23)16(25-10)21-8-19-12-13(17-7-18-14(12)21)20-15(24)9-3-1-2-4-9/h7-11,16,22-23H,1-6H2,(H,17,18,20,24)/t10-,11?,16+/m0/s1. The van der Waals surface area contributed by atoms with Crippen molar-refractivity contribution in [3.63, 3.8) is 0 Å². The summed E-state index contributed by atoms with van der Waals surface area (Å²) in [6.45, 7) is -0.155. The smallest absolute Gasteiger partial charge is 0.228 e. The second kappa shape index (κ2) is 6.66. The van der Waals surface area contributed by atoms with Gasteiger partial charge in [-0.05, 0) is 12.8 Å². The summed E-state index contributed by atoms with van der Waals surface area (Å²) in [5.41, 5.74) is 0.927. The van der Waals surface area contributed by atoms with E-state index in [-0.39, 0.29) is 18.4 Å². The van der Waals surface area contributed by atoms with Gasteiger partial charge in [0.2, 0.25) is 5.91 Å². The van der Waals surface area contributed by atoms with Gasteiger partial charge in [-0.3, -0.25) is 9.36 Å². The quantitative estimate of drug-likeness (QED) is 0.740. The van der Waals surface area contributed by atoms with Crippen LogP contribution in [-0.2, 0) is 9.53 Å². The molecule has 9 nitrogen and oxygen atoms in total. The van der Waals surface area contributed by atoms with Gasteiger partial charge >= 0.3 is 0 Å². The Balaban J connectivity index is 1.61. The Bertz CT molecular complexity index is 773. The second-order valence-corrected chi connectivity index (χ2v) is 6.65. The lowest BCUT2D eigenvalue weighted by atomic mass is 10.1. The molecule has 1 saturated carbocycles. The molecule has 2 aliphatic rings. The summed E-state index contributed by atoms with van der Waals surface area (Å²) in [6.07, 6.45) is 5.32. The lowest BCUT2D eigenvalue weighted by molar-refractivity contribution is -0.119. The fraction of sp³-hybridized carbons (Fsp3) is 0.625. The molecule has 1 aliphatic carbocycles. The van der Waals surface area contributed by atoms with Gasteiger partial charge in [-0.25, -0.2) is 15.0 Å². The normalized spacial score (nSPS) is 27.2. The van der Waals surface area contributed by atoms with Crippen LogP contribution in [0, 0.1) is 5.92 Å². The average Bonchev–Trinajstić information content (AvgIpc) is 3.34. The number of hydrogen-bond acceptors (Lipinski definition) is 7. The number of aliphatic hydroxyl groups is 2. The molecule has 0 bridgehead atoms. The van der Waals surface area contributed by atoms with E-state index < -0.39 is 18.4 Å². The number of ether oxygens (including phenoxy) is 1. The first-order chi connectivity index (χ1) is 12.2. The van der Waals surface area contributed by atoms with Crippen LogP contribution in [0.1, 0.15) is 38.3 Å². The Labute approximate surface area is 144 Å². The van der Waals surface area contributed by atoms with E-state index in [1.165, 1.54) is 12.7 Å². The van der Waals surface area contributed by atoms with E-state index in [0.29, 0.717) is 23.4 Å². The second-order valence-electron chi connectivity index (χ2n) is 6.65. The van der Waals surface area contributed by atoms with E-state index in [9.17, 15) is 15.0 Å². The van der Waals surface area contributed by atoms with Crippen molar-refractivity contribution in [1.82, 2.24) is 19.5 Å². The van der Waals surface area contributed by atoms with Crippen LogP contribution in [0.2, 0.25) is 0 Å². The van der Waals surface area contributed by atoms with Gasteiger partial charge in [0.15, 0.2) is 23.2 Å². The average molecular weight is 347 g/mol. The number of fused-ring (bicyclic) bond motifs is 1. The maximum Gasteiger partial charge on any atom is 0.228 e. The Kier molecular flexibility index (Phi) is 4.36. The number of rotatable bonds is 4. The van der Waals surface area contributed by atoms with Gasteiger partial charge in [-0.15, -0.1) is 0 Å². The topological polar surface area (TPSA) is 122 Å². The molecule has 1 aliphatic heterocycles. The minimum Gasteiger partial charge on any atom is -0.394 e. The highest BCUT2D eigenvalue weighted by atomic mass is 16.5. The van der Waals surface area contributed by atoms with Gasteiger partial charge in [0.1, 0.15) is 12.4 Å². The summed E-state index contributed by atoms with van der Waals surface area (Å²) >= 11 is 0. The van der Waals surface area contributed by atoms with Crippen LogP contribution in [0.5, 0.6) is 0 Å². The van der Waals surface area contributed by atoms with Crippen molar-refractivity contribution in [2.75, 3.05) is 11.9 Å². The molecule has 4 rings (SSSR count). The Morgan fingerprint density at radius 1 is 1.32 bits per heavy atom. The Morgan fingerprint density at radius 2 is 2.12 bits per heavy atom. The van der Waals surface area contributed by atoms with E-state index in [1.807, 2.05) is 0 Å². The summed E-state index contributed by atoms with van der Waals surface area (Å²) in [5.74, 6) is 0.355. The first-order valence-electron chi connectivity index (χ1n) is 8.60. The highest BCUT2D eigenvalue weighted by Crippen LogP contribution is 2.32. The number of aliphatic hydroxyl groups excluding tert-OH is 2. The molecule has 9 heteroatoms. The van der Waals surface area contributed by atoms with Gasteiger partial charge in [0, 0.05) is 12.3 Å². The van der Waals surface area contributed by atoms with Gasteiger partial charge in [-0.1, -0.05) is 12.8 Å². The van der Waals surface area contributed by atoms with E-state index in [1.54, 1.807) is 4.57 Å². The lowest BCUT2D eigenvalue weighted by Crippen LogP contribution is -2.21. The number of anilines is 1. The zero-order valence-corrected chi connectivity index (χ0v) is 13.7. The number of carbonyl (C=O) groups is 1. The predicted molar refractivity (Wildman–Crippen MR) is 87.5 cm³/mol. The molecule has 0 radical (unpaired) electrons. The molecule has 0 aromatic carbocycles. The van der Waals surface area contributed by atoms with E-state index in [4.69, 9.17) is 4.74 Å². The molecule has 134 valence electrons. The fourth-order valence-corrected chi connectivity index (χ4v) is 3.63. The van der Waals surface area contributed by atoms with Crippen LogP contribution in [0.4, 0.5) is 5.82 Å². The summed E-state index contributed by atoms with van der Waals surface area (Å²) < 4.78 is 7.27. The van der Waals surface area contributed by atoms with Crippen LogP contribution >= 0.6 is 0 Å². The molecule has 2 fully saturated rings. The van der Waals surface area contributed by atoms with Gasteiger partial charge < -0.3 is 20.3 Å². The van der Waals surface area contributed by atoms with Crippen LogP contribution in [0.3, 0.4) is 0 Å². The van der Waals surface area contributed by atoms with Crippen LogP contribution in [0.25, 0.3) is 11.2 Å². The van der Waals surface area contributed by atoms with Crippen LogP contribution in [0.15, 0.2) is 12.7 Å². The Hall–Kier alpha value is -2.10. The van der Waals surface area contributed by atoms with Crippen LogP contribution in [-0.4, -0.2) is 54.5 Å². The van der Waals surface area contributed by atoms with Crippen molar-refractivity contribution in [2.24, 2.45) is 5.92 Å². The number of carbonyl (C=O) groups excluding carboxylic acids is 1. The number of aromatic nitrogens is 4. The molecular formula is C16H21N5O4. The zero-order valence-electron chi connectivity index (χ0n) is 13.7. The van der Waals surface area contributed by atoms with Crippen molar-refractivity contribution < 1.29 is 19.7 Å². The van der Waals surface area contributed by atoms with Crippen molar-refractivity contribution in [2.45, 2.75) is 50.5 Å². The molecular weight excluding hydrogens is 326 g/mol. The monoisotopic (exact) mass is 347 g/mol. The largest absolute Gasteiger partial charge is 0.394 e. The molecule has 2 aromatic rings. The lowest BCUT2D eigenvalue weighted by Gasteiger charge is -2.16. The minimum absolute atomic E-state index is 0.0254. The SMILES string of the molecule is O=C(Nc1ncnc2c1ncn2[C@@H]1O[C@H](CO)CC1O)C1CCCC1. The number of hydrogen-bond donors (Lipinski definition) is 3. The molecule has 1 saturated heterocycles. The Morgan fingerprint density at radius 3 is 2.84 bits per heavy atom. The number of nitrogens with one attached hydrogen (secondary N) is 1. The van der Waals surface area contributed by atoms with Crippen molar-refractivity contribution in [3.8, 4) is 0 Å². The van der Waals surface area contributed by atoms with E-state index in [0.717, 1.165) is 25.7 Å². The van der Waals surface area contributed by atoms with Gasteiger partial charge in [0.05, 0.1) is 19.0 Å². The third-order valence-corrected chi connectivity index (χ3v) is 4.97. The molecule has 3 N–H and O–H groups in total. The molecule has 25 heavy (non-hydrogen) atoms. The number of nitrogens with zero attached hydrogens (tertiary/aromatic N) is 4. The molecule has 3 heterocycles. The van der Waals surface area contributed by atoms with Crippen molar-refractivity contribution in [1.29, 1.82) is 0 Å². The minimum atomic E-state index is -0.763. The maximum absolute atomic E-state index is 12.4. The molecule has 3 atom stereocenters. The molecule has 1 unspecified atom stereocenters. The first-order valence-corrected chi connectivity index (χ1v) is 8.60. The van der Waals surface area contributed by atoms with Crippen molar-refractivity contribution >= 4 is 22.9 Å². The van der Waals surface area contributed by atoms with Crippen molar-refractivity contribution in [3.05, 3.63) is 12.7 Å². The van der Waals surface area contributed by atoms with E-state index in [2.05, 4.69) is 20.3 Å². The zero-order chi connectivity index (χ0) is 17.4. The maximum atomic E-state index is 12.4. The number of amides is 1.